The molecule has 4 heterocycles. The number of nitrogens with one attached hydrogen (secondary N) is 1. The highest BCUT2D eigenvalue weighted by molar-refractivity contribution is 8.04. The Morgan fingerprint density at radius 1 is 1.13 bits per heavy atom. The predicted octanol–water partition coefficient (Wildman–Crippen LogP) is 4.68. The topological polar surface area (TPSA) is 93.0 Å². The molecule has 3 aromatic rings. The lowest BCUT2D eigenvalue weighted by Gasteiger charge is -2.31. The van der Waals surface area contributed by atoms with Crippen molar-refractivity contribution in [1.82, 2.24) is 19.0 Å². The summed E-state index contributed by atoms with van der Waals surface area (Å²) in [5, 5.41) is 3.92. The van der Waals surface area contributed by atoms with E-state index in [0.717, 1.165) is 53.5 Å². The van der Waals surface area contributed by atoms with Gasteiger partial charge in [-0.05, 0) is 74.1 Å². The molecule has 0 saturated carbocycles. The third-order valence-corrected chi connectivity index (χ3v) is 9.55. The predicted molar refractivity (Wildman–Crippen MR) is 136 cm³/mol. The standard InChI is InChI=1S/C25H25F3N4O4S2/c26-25(27,28)36-19-6-8-20(9-7-19)38(34,35)31-13-10-17(11-14-31)3-2-12-29-24(33)21-15-18-16-30-22-4-1-5-23(37-21)32(18)22/h1,4-9,15-17H,2-3,10-14H2,(H,29,33). The highest BCUT2D eigenvalue weighted by atomic mass is 32.2. The molecule has 0 radical (unpaired) electrons. The minimum absolute atomic E-state index is 0.0673. The number of thioether (sulfide) groups is 1. The van der Waals surface area contributed by atoms with Gasteiger partial charge in [-0.2, -0.15) is 4.31 Å². The van der Waals surface area contributed by atoms with Crippen molar-refractivity contribution >= 4 is 39.4 Å². The Morgan fingerprint density at radius 2 is 1.87 bits per heavy atom. The summed E-state index contributed by atoms with van der Waals surface area (Å²) >= 11 is 1.40. The van der Waals surface area contributed by atoms with Crippen LogP contribution in [0.5, 0.6) is 5.75 Å². The van der Waals surface area contributed by atoms with Gasteiger partial charge in [0.15, 0.2) is 0 Å². The van der Waals surface area contributed by atoms with Crippen molar-refractivity contribution in [1.29, 1.82) is 0 Å². The second-order valence-corrected chi connectivity index (χ2v) is 12.1. The van der Waals surface area contributed by atoms with E-state index in [2.05, 4.69) is 15.0 Å². The van der Waals surface area contributed by atoms with Crippen molar-refractivity contribution in [2.75, 3.05) is 19.6 Å². The first kappa shape index (κ1) is 26.6. The summed E-state index contributed by atoms with van der Waals surface area (Å²) in [6.45, 7) is 1.19. The van der Waals surface area contributed by atoms with Crippen molar-refractivity contribution in [2.24, 2.45) is 5.92 Å². The van der Waals surface area contributed by atoms with Crippen molar-refractivity contribution in [3.8, 4) is 5.75 Å². The number of alkyl halides is 3. The van der Waals surface area contributed by atoms with Crippen LogP contribution in [-0.4, -0.2) is 54.0 Å². The minimum atomic E-state index is -4.84. The number of hydrogen-bond donors (Lipinski definition) is 1. The molecule has 0 atom stereocenters. The van der Waals surface area contributed by atoms with Crippen LogP contribution < -0.4 is 10.1 Å². The molecule has 2 aliphatic rings. The molecule has 2 aliphatic heterocycles. The van der Waals surface area contributed by atoms with Gasteiger partial charge in [-0.15, -0.1) is 13.2 Å². The number of hydrogen-bond acceptors (Lipinski definition) is 6. The van der Waals surface area contributed by atoms with E-state index in [1.807, 2.05) is 28.7 Å². The molecule has 5 rings (SSSR count). The zero-order valence-corrected chi connectivity index (χ0v) is 21.8. The van der Waals surface area contributed by atoms with Gasteiger partial charge in [0.25, 0.3) is 5.91 Å². The second kappa shape index (κ2) is 10.6. The number of ether oxygens (including phenoxy) is 1. The van der Waals surface area contributed by atoms with E-state index >= 15 is 0 Å². The molecule has 0 bridgehead atoms. The Balaban J connectivity index is 1.06. The number of aromatic nitrogens is 2. The van der Waals surface area contributed by atoms with Crippen LogP contribution in [0.1, 0.15) is 31.4 Å². The molecule has 8 nitrogen and oxygen atoms in total. The first-order valence-corrected chi connectivity index (χ1v) is 14.4. The van der Waals surface area contributed by atoms with E-state index in [1.54, 1.807) is 6.20 Å². The van der Waals surface area contributed by atoms with Gasteiger partial charge in [-0.25, -0.2) is 13.4 Å². The number of nitrogens with zero attached hydrogens (tertiary/aromatic N) is 3. The highest BCUT2D eigenvalue weighted by Crippen LogP contribution is 2.34. The number of sulfonamides is 1. The molecular weight excluding hydrogens is 541 g/mol. The molecule has 0 unspecified atom stereocenters. The monoisotopic (exact) mass is 566 g/mol. The Labute approximate surface area is 221 Å². The van der Waals surface area contributed by atoms with Crippen LogP contribution in [0.15, 0.2) is 63.5 Å². The Morgan fingerprint density at radius 3 is 2.58 bits per heavy atom. The number of amides is 1. The number of piperidine rings is 1. The normalized spacial score (nSPS) is 16.9. The zero-order valence-electron chi connectivity index (χ0n) is 20.1. The summed E-state index contributed by atoms with van der Waals surface area (Å²) in [4.78, 5) is 17.6. The lowest BCUT2D eigenvalue weighted by atomic mass is 9.93. The van der Waals surface area contributed by atoms with Crippen LogP contribution in [0.2, 0.25) is 0 Å². The van der Waals surface area contributed by atoms with Crippen LogP contribution in [0.4, 0.5) is 13.2 Å². The van der Waals surface area contributed by atoms with E-state index < -0.39 is 22.1 Å². The Bertz CT molecular complexity index is 1460. The average Bonchev–Trinajstić information content (AvgIpc) is 3.30. The zero-order chi connectivity index (χ0) is 26.9. The van der Waals surface area contributed by atoms with Crippen molar-refractivity contribution in [3.05, 3.63) is 59.3 Å². The number of rotatable bonds is 8. The van der Waals surface area contributed by atoms with E-state index in [0.29, 0.717) is 43.3 Å². The van der Waals surface area contributed by atoms with Gasteiger partial charge in [-0.1, -0.05) is 17.8 Å². The van der Waals surface area contributed by atoms with Gasteiger partial charge < -0.3 is 10.1 Å². The fourth-order valence-electron chi connectivity index (χ4n) is 4.68. The van der Waals surface area contributed by atoms with Crippen LogP contribution in [0, 0.1) is 5.92 Å². The maximum absolute atomic E-state index is 12.9. The molecule has 1 saturated heterocycles. The highest BCUT2D eigenvalue weighted by Gasteiger charge is 2.32. The van der Waals surface area contributed by atoms with Gasteiger partial charge in [0.2, 0.25) is 10.0 Å². The van der Waals surface area contributed by atoms with E-state index in [9.17, 15) is 26.4 Å². The van der Waals surface area contributed by atoms with E-state index in [4.69, 9.17) is 0 Å². The molecular formula is C25H25F3N4O4S2. The van der Waals surface area contributed by atoms with Crippen molar-refractivity contribution < 1.29 is 31.1 Å². The van der Waals surface area contributed by atoms with Crippen molar-refractivity contribution in [2.45, 2.75) is 42.0 Å². The third-order valence-electron chi connectivity index (χ3n) is 6.58. The molecule has 1 aromatic carbocycles. The van der Waals surface area contributed by atoms with Crippen LogP contribution in [0.25, 0.3) is 11.7 Å². The third kappa shape index (κ3) is 5.84. The fourth-order valence-corrected chi connectivity index (χ4v) is 7.16. The first-order chi connectivity index (χ1) is 18.1. The minimum Gasteiger partial charge on any atom is -0.406 e. The summed E-state index contributed by atoms with van der Waals surface area (Å²) in [6.07, 6.45) is 1.73. The Kier molecular flexibility index (Phi) is 7.43. The molecule has 1 amide bonds. The number of pyridine rings is 1. The maximum Gasteiger partial charge on any atom is 0.573 e. The maximum atomic E-state index is 12.9. The average molecular weight is 567 g/mol. The number of benzene rings is 1. The van der Waals surface area contributed by atoms with Crippen molar-refractivity contribution in [3.63, 3.8) is 0 Å². The number of carbonyl (C=O) groups excluding carboxylic acids is 1. The summed E-state index contributed by atoms with van der Waals surface area (Å²) in [6, 6.07) is 10.0. The van der Waals surface area contributed by atoms with Gasteiger partial charge in [0, 0.05) is 19.6 Å². The Hall–Kier alpha value is -3.03. The van der Waals surface area contributed by atoms with Gasteiger partial charge in [0.1, 0.15) is 11.4 Å². The smallest absolute Gasteiger partial charge is 0.406 e. The van der Waals surface area contributed by atoms with Gasteiger partial charge >= 0.3 is 6.36 Å². The quantitative estimate of drug-likeness (QED) is 0.398. The number of carbonyl (C=O) groups is 1. The SMILES string of the molecule is O=C(NCCCC1CCN(S(=O)(=O)c2ccc(OC(F)(F)F)cc2)CC1)C1=Cc2cnc3cccc(n23)S1. The lowest BCUT2D eigenvalue weighted by Crippen LogP contribution is -2.38. The van der Waals surface area contributed by atoms with E-state index in [-0.39, 0.29) is 10.8 Å². The lowest BCUT2D eigenvalue weighted by molar-refractivity contribution is -0.274. The second-order valence-electron chi connectivity index (χ2n) is 9.12. The molecule has 0 aliphatic carbocycles. The van der Waals surface area contributed by atoms with Gasteiger partial charge in [0.05, 0.1) is 26.7 Å². The molecule has 38 heavy (non-hydrogen) atoms. The first-order valence-electron chi connectivity index (χ1n) is 12.1. The number of imidazole rings is 1. The fraction of sp³-hybridized carbons (Fsp3) is 0.360. The summed E-state index contributed by atoms with van der Waals surface area (Å²) in [5.41, 5.74) is 1.71. The van der Waals surface area contributed by atoms with Crippen LogP contribution in [-0.2, 0) is 14.8 Å². The summed E-state index contributed by atoms with van der Waals surface area (Å²) in [5.74, 6) is -0.271. The van der Waals surface area contributed by atoms with Gasteiger partial charge in [-0.3, -0.25) is 9.20 Å². The van der Waals surface area contributed by atoms with Crippen LogP contribution in [0.3, 0.4) is 0 Å². The van der Waals surface area contributed by atoms with Crippen LogP contribution >= 0.6 is 11.8 Å². The largest absolute Gasteiger partial charge is 0.573 e. The summed E-state index contributed by atoms with van der Waals surface area (Å²) < 4.78 is 70.0. The molecule has 1 N–H and O–H groups in total. The molecule has 202 valence electrons. The number of halogens is 3. The molecule has 2 aromatic heterocycles. The molecule has 13 heteroatoms. The molecule has 0 spiro atoms. The molecule has 1 fully saturated rings. The van der Waals surface area contributed by atoms with E-state index in [1.165, 1.54) is 16.1 Å². The summed E-state index contributed by atoms with van der Waals surface area (Å²) in [7, 11) is -3.80.